The molecule has 0 amide bonds. The number of halogens is 2. The van der Waals surface area contributed by atoms with Gasteiger partial charge in [-0.3, -0.25) is 4.57 Å². The average Bonchev–Trinajstić information content (AvgIpc) is 2.92. The minimum atomic E-state index is -0.258. The van der Waals surface area contributed by atoms with Gasteiger partial charge in [-0.2, -0.15) is 0 Å². The largest absolute Gasteiger partial charge is 0.282 e. The van der Waals surface area contributed by atoms with Crippen molar-refractivity contribution in [2.24, 2.45) is 0 Å². The van der Waals surface area contributed by atoms with E-state index in [1.165, 1.54) is 31.4 Å². The topological polar surface area (TPSA) is 30.7 Å². The lowest BCUT2D eigenvalue weighted by Gasteiger charge is -2.22. The molecular formula is C15H17ClFN3. The van der Waals surface area contributed by atoms with Crippen molar-refractivity contribution in [1.29, 1.82) is 0 Å². The molecule has 1 heterocycles. The van der Waals surface area contributed by atoms with Crippen molar-refractivity contribution in [1.82, 2.24) is 14.8 Å². The summed E-state index contributed by atoms with van der Waals surface area (Å²) in [5, 5.41) is 8.50. The van der Waals surface area contributed by atoms with Gasteiger partial charge < -0.3 is 0 Å². The minimum Gasteiger partial charge on any atom is -0.282 e. The second-order valence-electron chi connectivity index (χ2n) is 5.26. The molecule has 0 unspecified atom stereocenters. The molecule has 2 aromatic rings. The average molecular weight is 294 g/mol. The van der Waals surface area contributed by atoms with E-state index in [1.54, 1.807) is 6.07 Å². The Kier molecular flexibility index (Phi) is 4.01. The Morgan fingerprint density at radius 1 is 1.20 bits per heavy atom. The third-order valence-corrected chi connectivity index (χ3v) is 4.15. The monoisotopic (exact) mass is 293 g/mol. The van der Waals surface area contributed by atoms with Gasteiger partial charge in [0.2, 0.25) is 0 Å². The molecule has 0 saturated heterocycles. The van der Waals surface area contributed by atoms with Crippen LogP contribution in [0.5, 0.6) is 0 Å². The van der Waals surface area contributed by atoms with Crippen molar-refractivity contribution < 1.29 is 4.39 Å². The lowest BCUT2D eigenvalue weighted by atomic mass is 9.88. The van der Waals surface area contributed by atoms with Crippen LogP contribution in [0.15, 0.2) is 24.3 Å². The molecule has 106 valence electrons. The summed E-state index contributed by atoms with van der Waals surface area (Å²) in [6.45, 7) is 0. The molecule has 0 N–H and O–H groups in total. The molecule has 0 bridgehead atoms. The van der Waals surface area contributed by atoms with Gasteiger partial charge in [-0.25, -0.2) is 4.39 Å². The number of alkyl halides is 1. The second-order valence-corrected chi connectivity index (χ2v) is 5.53. The van der Waals surface area contributed by atoms with Crippen molar-refractivity contribution in [2.75, 3.05) is 0 Å². The fourth-order valence-corrected chi connectivity index (χ4v) is 3.11. The molecule has 0 radical (unpaired) electrons. The highest BCUT2D eigenvalue weighted by Crippen LogP contribution is 2.33. The summed E-state index contributed by atoms with van der Waals surface area (Å²) >= 11 is 5.96. The van der Waals surface area contributed by atoms with E-state index >= 15 is 0 Å². The highest BCUT2D eigenvalue weighted by Gasteiger charge is 2.23. The van der Waals surface area contributed by atoms with Gasteiger partial charge >= 0.3 is 0 Å². The summed E-state index contributed by atoms with van der Waals surface area (Å²) in [5.74, 6) is 2.02. The molecule has 20 heavy (non-hydrogen) atoms. The van der Waals surface area contributed by atoms with Crippen LogP contribution in [0, 0.1) is 5.82 Å². The van der Waals surface area contributed by atoms with Crippen molar-refractivity contribution in [2.45, 2.75) is 43.9 Å². The summed E-state index contributed by atoms with van der Waals surface area (Å²) in [5.41, 5.74) is 0.756. The summed E-state index contributed by atoms with van der Waals surface area (Å²) < 4.78 is 15.4. The smallest absolute Gasteiger partial charge is 0.152 e. The van der Waals surface area contributed by atoms with Crippen LogP contribution in [0.2, 0.25) is 0 Å². The first kappa shape index (κ1) is 13.6. The molecule has 3 rings (SSSR count). The van der Waals surface area contributed by atoms with Crippen molar-refractivity contribution in [3.63, 3.8) is 0 Å². The van der Waals surface area contributed by atoms with Gasteiger partial charge in [0.1, 0.15) is 11.6 Å². The number of rotatable bonds is 3. The van der Waals surface area contributed by atoms with Crippen LogP contribution in [0.25, 0.3) is 5.69 Å². The normalized spacial score (nSPS) is 16.5. The Balaban J connectivity index is 2.05. The molecule has 1 aromatic heterocycles. The van der Waals surface area contributed by atoms with Crippen LogP contribution in [0.1, 0.15) is 49.7 Å². The van der Waals surface area contributed by atoms with Gasteiger partial charge in [0.15, 0.2) is 5.82 Å². The minimum absolute atomic E-state index is 0.258. The summed E-state index contributed by atoms with van der Waals surface area (Å²) in [6.07, 6.45) is 5.96. The van der Waals surface area contributed by atoms with Gasteiger partial charge in [-0.15, -0.1) is 21.8 Å². The Bertz CT molecular complexity index is 591. The summed E-state index contributed by atoms with van der Waals surface area (Å²) in [7, 11) is 0. The molecule has 0 aliphatic heterocycles. The third kappa shape index (κ3) is 2.57. The number of hydrogen-bond acceptors (Lipinski definition) is 2. The maximum atomic E-state index is 13.5. The molecule has 1 aliphatic carbocycles. The molecular weight excluding hydrogens is 277 g/mol. The Hall–Kier alpha value is -1.42. The molecule has 3 nitrogen and oxygen atoms in total. The van der Waals surface area contributed by atoms with Gasteiger partial charge in [0, 0.05) is 5.92 Å². The zero-order valence-electron chi connectivity index (χ0n) is 11.2. The van der Waals surface area contributed by atoms with E-state index < -0.39 is 0 Å². The van der Waals surface area contributed by atoms with Gasteiger partial charge in [0.05, 0.1) is 11.6 Å². The molecule has 1 aromatic carbocycles. The molecule has 1 aliphatic rings. The molecule has 1 saturated carbocycles. The van der Waals surface area contributed by atoms with Crippen molar-refractivity contribution >= 4 is 11.6 Å². The van der Waals surface area contributed by atoms with E-state index in [1.807, 2.05) is 10.6 Å². The standard InChI is InChI=1S/C15H17ClFN3/c16-10-14-18-19-15(11-5-2-1-3-6-11)20(14)13-8-4-7-12(17)9-13/h4,7-9,11H,1-3,5-6,10H2. The number of benzene rings is 1. The Morgan fingerprint density at radius 2 is 2.00 bits per heavy atom. The molecule has 0 atom stereocenters. The molecule has 1 fully saturated rings. The maximum Gasteiger partial charge on any atom is 0.152 e. The summed E-state index contributed by atoms with van der Waals surface area (Å²) in [6, 6.07) is 6.52. The van der Waals surface area contributed by atoms with E-state index in [0.717, 1.165) is 24.4 Å². The van der Waals surface area contributed by atoms with E-state index in [9.17, 15) is 4.39 Å². The first-order valence-corrected chi connectivity index (χ1v) is 7.59. The number of hydrogen-bond donors (Lipinski definition) is 0. The van der Waals surface area contributed by atoms with E-state index in [2.05, 4.69) is 10.2 Å². The number of aromatic nitrogens is 3. The highest BCUT2D eigenvalue weighted by molar-refractivity contribution is 6.16. The molecule has 5 heteroatoms. The fourth-order valence-electron chi connectivity index (χ4n) is 2.94. The van der Waals surface area contributed by atoms with Gasteiger partial charge in [0.25, 0.3) is 0 Å². The quantitative estimate of drug-likeness (QED) is 0.794. The van der Waals surface area contributed by atoms with Gasteiger partial charge in [-0.05, 0) is 31.0 Å². The van der Waals surface area contributed by atoms with Crippen molar-refractivity contribution in [3.8, 4) is 5.69 Å². The second kappa shape index (κ2) is 5.92. The fraction of sp³-hybridized carbons (Fsp3) is 0.467. The SMILES string of the molecule is Fc1cccc(-n2c(CCl)nnc2C2CCCCC2)c1. The first-order chi connectivity index (χ1) is 9.79. The lowest BCUT2D eigenvalue weighted by Crippen LogP contribution is -2.12. The molecule has 0 spiro atoms. The maximum absolute atomic E-state index is 13.5. The number of nitrogens with zero attached hydrogens (tertiary/aromatic N) is 3. The van der Waals surface area contributed by atoms with Gasteiger partial charge in [-0.1, -0.05) is 25.3 Å². The van der Waals surface area contributed by atoms with E-state index in [0.29, 0.717) is 11.7 Å². The van der Waals surface area contributed by atoms with Crippen LogP contribution < -0.4 is 0 Å². The first-order valence-electron chi connectivity index (χ1n) is 7.05. The van der Waals surface area contributed by atoms with E-state index in [-0.39, 0.29) is 11.7 Å². The Labute approximate surface area is 122 Å². The van der Waals surface area contributed by atoms with E-state index in [4.69, 9.17) is 11.6 Å². The Morgan fingerprint density at radius 3 is 2.70 bits per heavy atom. The zero-order valence-corrected chi connectivity index (χ0v) is 12.0. The predicted octanol–water partition coefficient (Wildman–Crippen LogP) is 4.19. The van der Waals surface area contributed by atoms with Crippen LogP contribution >= 0.6 is 11.6 Å². The van der Waals surface area contributed by atoms with Crippen molar-refractivity contribution in [3.05, 3.63) is 41.7 Å². The van der Waals surface area contributed by atoms with Crippen LogP contribution in [-0.4, -0.2) is 14.8 Å². The zero-order chi connectivity index (χ0) is 13.9. The highest BCUT2D eigenvalue weighted by atomic mass is 35.5. The van der Waals surface area contributed by atoms with Crippen LogP contribution in [-0.2, 0) is 5.88 Å². The lowest BCUT2D eigenvalue weighted by molar-refractivity contribution is 0.424. The van der Waals surface area contributed by atoms with Crippen LogP contribution in [0.4, 0.5) is 4.39 Å². The predicted molar refractivity (Wildman–Crippen MR) is 76.7 cm³/mol. The van der Waals surface area contributed by atoms with Crippen LogP contribution in [0.3, 0.4) is 0 Å². The summed E-state index contributed by atoms with van der Waals surface area (Å²) in [4.78, 5) is 0. The third-order valence-electron chi connectivity index (χ3n) is 3.91.